The molecule has 0 radical (unpaired) electrons. The smallest absolute Gasteiger partial charge is 0.265 e. The second-order valence-corrected chi connectivity index (χ2v) is 10.6. The SMILES string of the molecule is CCC(C)=O.O=S(=O)([O-])CCC[NH+](CCCS(=O)(=O)O)CCCS(=O)(=O)O. The van der Waals surface area contributed by atoms with Gasteiger partial charge in [0.05, 0.1) is 41.3 Å². The highest BCUT2D eigenvalue weighted by Crippen LogP contribution is 1.89. The van der Waals surface area contributed by atoms with E-state index in [1.54, 1.807) is 6.92 Å². The van der Waals surface area contributed by atoms with E-state index in [0.717, 1.165) is 0 Å². The van der Waals surface area contributed by atoms with Crippen molar-refractivity contribution in [2.45, 2.75) is 39.5 Å². The molecule has 0 unspecified atom stereocenters. The molecule has 164 valence electrons. The van der Waals surface area contributed by atoms with E-state index in [1.165, 1.54) is 0 Å². The number of hydrogen-bond donors (Lipinski definition) is 3. The molecule has 0 heterocycles. The van der Waals surface area contributed by atoms with Crippen molar-refractivity contribution in [3.63, 3.8) is 0 Å². The van der Waals surface area contributed by atoms with Crippen LogP contribution in [0.1, 0.15) is 39.5 Å². The van der Waals surface area contributed by atoms with Gasteiger partial charge in [0.25, 0.3) is 20.2 Å². The molecular formula is C13H29NO10S3. The maximum Gasteiger partial charge on any atom is 0.265 e. The van der Waals surface area contributed by atoms with E-state index in [1.807, 2.05) is 6.92 Å². The molecule has 0 saturated heterocycles. The molecule has 3 N–H and O–H groups in total. The molecule has 0 bridgehead atoms. The molecule has 0 aliphatic rings. The number of Topliss-reactive ketones (excluding diaryl/α,β-unsaturated/α-hetero) is 1. The average molecular weight is 456 g/mol. The van der Waals surface area contributed by atoms with Crippen LogP contribution in [0.15, 0.2) is 0 Å². The zero-order valence-corrected chi connectivity index (χ0v) is 17.9. The van der Waals surface area contributed by atoms with Crippen LogP contribution in [0.2, 0.25) is 0 Å². The Hall–Kier alpha value is -0.640. The Morgan fingerprint density at radius 3 is 1.33 bits per heavy atom. The summed E-state index contributed by atoms with van der Waals surface area (Å²) >= 11 is 0. The van der Waals surface area contributed by atoms with Crippen LogP contribution in [0, 0.1) is 0 Å². The summed E-state index contributed by atoms with van der Waals surface area (Å²) in [6.45, 7) is 4.18. The number of quaternary nitrogens is 1. The van der Waals surface area contributed by atoms with Gasteiger partial charge in [-0.25, -0.2) is 8.42 Å². The molecule has 0 rings (SSSR count). The molecular weight excluding hydrogens is 426 g/mol. The van der Waals surface area contributed by atoms with Gasteiger partial charge in [0.15, 0.2) is 0 Å². The van der Waals surface area contributed by atoms with Crippen molar-refractivity contribution < 1.29 is 48.6 Å². The zero-order chi connectivity index (χ0) is 21.7. The summed E-state index contributed by atoms with van der Waals surface area (Å²) in [4.78, 5) is 10.5. The van der Waals surface area contributed by atoms with Crippen LogP contribution in [0.4, 0.5) is 0 Å². The fraction of sp³-hybridized carbons (Fsp3) is 0.923. The van der Waals surface area contributed by atoms with Gasteiger partial charge in [0.1, 0.15) is 5.78 Å². The molecule has 0 aromatic carbocycles. The number of rotatable bonds is 13. The van der Waals surface area contributed by atoms with E-state index in [2.05, 4.69) is 0 Å². The molecule has 0 aliphatic carbocycles. The van der Waals surface area contributed by atoms with E-state index in [0.29, 0.717) is 11.3 Å². The van der Waals surface area contributed by atoms with Gasteiger partial charge in [-0.3, -0.25) is 9.11 Å². The van der Waals surface area contributed by atoms with Gasteiger partial charge in [-0.2, -0.15) is 16.8 Å². The predicted molar refractivity (Wildman–Crippen MR) is 97.8 cm³/mol. The fourth-order valence-corrected chi connectivity index (χ4v) is 3.40. The van der Waals surface area contributed by atoms with Crippen molar-refractivity contribution in [3.05, 3.63) is 0 Å². The Balaban J connectivity index is 0. The Labute approximate surface area is 161 Å². The summed E-state index contributed by atoms with van der Waals surface area (Å²) in [7, 11) is -12.5. The largest absolute Gasteiger partial charge is 0.748 e. The predicted octanol–water partition coefficient (Wildman–Crippen LogP) is -1.65. The summed E-state index contributed by atoms with van der Waals surface area (Å²) in [5.74, 6) is -1.24. The maximum absolute atomic E-state index is 10.6. The maximum atomic E-state index is 10.6. The van der Waals surface area contributed by atoms with Crippen LogP contribution in [-0.4, -0.2) is 81.6 Å². The van der Waals surface area contributed by atoms with Crippen molar-refractivity contribution in [1.82, 2.24) is 0 Å². The minimum absolute atomic E-state index is 0.0545. The molecule has 0 aromatic heterocycles. The zero-order valence-electron chi connectivity index (χ0n) is 15.5. The van der Waals surface area contributed by atoms with E-state index < -0.39 is 47.6 Å². The molecule has 14 heteroatoms. The van der Waals surface area contributed by atoms with Gasteiger partial charge in [-0.15, -0.1) is 0 Å². The van der Waals surface area contributed by atoms with Gasteiger partial charge >= 0.3 is 0 Å². The molecule has 27 heavy (non-hydrogen) atoms. The summed E-state index contributed by atoms with van der Waals surface area (Å²) in [5, 5.41) is 0. The van der Waals surface area contributed by atoms with Crippen LogP contribution in [0.5, 0.6) is 0 Å². The Bertz CT molecular complexity index is 638. The van der Waals surface area contributed by atoms with Crippen LogP contribution >= 0.6 is 0 Å². The standard InChI is InChI=1S/C9H21NO9S3.C4H8O/c11-20(12,13)7-1-4-10(5-2-8-21(14,15)16)6-3-9-22(17,18)19;1-3-4(2)5/h1-9H2,(H,11,12,13)(H,14,15,16)(H,17,18,19);3H2,1-2H3. The summed E-state index contributed by atoms with van der Waals surface area (Å²) in [6.07, 6.45) is 0.924. The molecule has 0 aromatic rings. The third kappa shape index (κ3) is 27.7. The van der Waals surface area contributed by atoms with Crippen molar-refractivity contribution >= 4 is 36.1 Å². The summed E-state index contributed by atoms with van der Waals surface area (Å²) in [6, 6.07) is 0. The number of nitrogens with one attached hydrogen (secondary N) is 1. The molecule has 0 fully saturated rings. The van der Waals surface area contributed by atoms with Crippen molar-refractivity contribution in [2.75, 3.05) is 36.9 Å². The molecule has 0 amide bonds. The lowest BCUT2D eigenvalue weighted by atomic mass is 10.3. The second-order valence-electron chi connectivity index (χ2n) is 5.95. The third-order valence-electron chi connectivity index (χ3n) is 3.29. The normalized spacial score (nSPS) is 12.5. The second kappa shape index (κ2) is 13.5. The highest BCUT2D eigenvalue weighted by atomic mass is 32.2. The van der Waals surface area contributed by atoms with Crippen molar-refractivity contribution in [2.24, 2.45) is 0 Å². The van der Waals surface area contributed by atoms with Gasteiger partial charge in [-0.05, 0) is 6.92 Å². The van der Waals surface area contributed by atoms with Gasteiger partial charge in [-0.1, -0.05) is 6.92 Å². The van der Waals surface area contributed by atoms with Gasteiger partial charge in [0, 0.05) is 31.4 Å². The van der Waals surface area contributed by atoms with Gasteiger partial charge < -0.3 is 14.2 Å². The van der Waals surface area contributed by atoms with E-state index in [4.69, 9.17) is 9.11 Å². The average Bonchev–Trinajstić information content (AvgIpc) is 2.43. The molecule has 0 spiro atoms. The highest BCUT2D eigenvalue weighted by Gasteiger charge is 2.14. The van der Waals surface area contributed by atoms with Crippen molar-refractivity contribution in [3.8, 4) is 0 Å². The highest BCUT2D eigenvalue weighted by molar-refractivity contribution is 7.86. The third-order valence-corrected chi connectivity index (χ3v) is 5.69. The fourth-order valence-electron chi connectivity index (χ4n) is 1.88. The first-order valence-corrected chi connectivity index (χ1v) is 13.0. The molecule has 11 nitrogen and oxygen atoms in total. The van der Waals surface area contributed by atoms with E-state index >= 15 is 0 Å². The van der Waals surface area contributed by atoms with Crippen molar-refractivity contribution in [1.29, 1.82) is 0 Å². The topological polar surface area (TPSA) is 187 Å². The van der Waals surface area contributed by atoms with E-state index in [-0.39, 0.29) is 44.7 Å². The van der Waals surface area contributed by atoms with E-state index in [9.17, 15) is 34.6 Å². The monoisotopic (exact) mass is 455 g/mol. The van der Waals surface area contributed by atoms with Crippen LogP contribution in [-0.2, 0) is 35.1 Å². The molecule has 0 atom stereocenters. The quantitative estimate of drug-likeness (QED) is 0.271. The lowest BCUT2D eigenvalue weighted by Crippen LogP contribution is -3.12. The first kappa shape index (κ1) is 28.6. The number of carbonyl (C=O) groups is 1. The minimum Gasteiger partial charge on any atom is -0.748 e. The van der Waals surface area contributed by atoms with Crippen LogP contribution in [0.3, 0.4) is 0 Å². The van der Waals surface area contributed by atoms with Crippen LogP contribution in [0.25, 0.3) is 0 Å². The summed E-state index contributed by atoms with van der Waals surface area (Å²) in [5.41, 5.74) is 0. The molecule has 0 saturated carbocycles. The summed E-state index contributed by atoms with van der Waals surface area (Å²) < 4.78 is 91.3. The number of ketones is 1. The Morgan fingerprint density at radius 2 is 1.11 bits per heavy atom. The number of hydrogen-bond acceptors (Lipinski definition) is 8. The Morgan fingerprint density at radius 1 is 0.815 bits per heavy atom. The lowest BCUT2D eigenvalue weighted by Gasteiger charge is -2.19. The molecule has 0 aliphatic heterocycles. The lowest BCUT2D eigenvalue weighted by molar-refractivity contribution is -0.900. The first-order chi connectivity index (χ1) is 12.1. The number of carbonyl (C=O) groups excluding carboxylic acids is 1. The van der Waals surface area contributed by atoms with Crippen LogP contribution < -0.4 is 4.90 Å². The Kier molecular flexibility index (Phi) is 14.3. The minimum atomic E-state index is -4.34. The van der Waals surface area contributed by atoms with Gasteiger partial charge in [0.2, 0.25) is 0 Å². The first-order valence-electron chi connectivity index (χ1n) is 8.22.